The van der Waals surface area contributed by atoms with Crippen LogP contribution in [0.1, 0.15) is 23.3 Å². The molecule has 1 fully saturated rings. The maximum Gasteiger partial charge on any atom is 0.247 e. The molecule has 1 saturated heterocycles. The number of nitrogens with zero attached hydrogens (tertiary/aromatic N) is 5. The Bertz CT molecular complexity index is 822. The predicted octanol–water partition coefficient (Wildman–Crippen LogP) is 0.106. The van der Waals surface area contributed by atoms with E-state index in [9.17, 15) is 8.42 Å². The Hall–Kier alpha value is -1.71. The molecule has 1 aliphatic heterocycles. The SMILES string of the molecule is Cc1nn(C)c(C)c1S(=O)(=O)N1CCNCC1c1nccn1C. The molecule has 3 rings (SSSR count). The van der Waals surface area contributed by atoms with Crippen LogP contribution < -0.4 is 5.32 Å². The van der Waals surface area contributed by atoms with Crippen LogP contribution in [0.15, 0.2) is 17.3 Å². The lowest BCUT2D eigenvalue weighted by atomic mass is 10.2. The molecule has 0 bridgehead atoms. The minimum atomic E-state index is -3.64. The summed E-state index contributed by atoms with van der Waals surface area (Å²) in [6.45, 7) is 5.09. The minimum absolute atomic E-state index is 0.307. The summed E-state index contributed by atoms with van der Waals surface area (Å²) < 4.78 is 31.6. The van der Waals surface area contributed by atoms with Crippen LogP contribution in [0.25, 0.3) is 0 Å². The van der Waals surface area contributed by atoms with Crippen molar-refractivity contribution in [1.29, 1.82) is 0 Å². The summed E-state index contributed by atoms with van der Waals surface area (Å²) in [5, 5.41) is 7.51. The van der Waals surface area contributed by atoms with E-state index >= 15 is 0 Å². The van der Waals surface area contributed by atoms with Gasteiger partial charge in [-0.15, -0.1) is 0 Å². The third kappa shape index (κ3) is 2.58. The van der Waals surface area contributed by atoms with E-state index in [1.54, 1.807) is 36.1 Å². The number of aryl methyl sites for hydroxylation is 3. The third-order valence-corrected chi connectivity index (χ3v) is 6.52. The van der Waals surface area contributed by atoms with Gasteiger partial charge < -0.3 is 9.88 Å². The van der Waals surface area contributed by atoms with Gasteiger partial charge in [-0.1, -0.05) is 0 Å². The molecule has 0 aliphatic carbocycles. The summed E-state index contributed by atoms with van der Waals surface area (Å²) >= 11 is 0. The number of imidazole rings is 1. The van der Waals surface area contributed by atoms with Crippen molar-refractivity contribution >= 4 is 10.0 Å². The molecule has 23 heavy (non-hydrogen) atoms. The van der Waals surface area contributed by atoms with Crippen LogP contribution in [-0.2, 0) is 24.1 Å². The van der Waals surface area contributed by atoms with Crippen LogP contribution in [0, 0.1) is 13.8 Å². The average Bonchev–Trinajstić information content (AvgIpc) is 3.03. The van der Waals surface area contributed by atoms with Gasteiger partial charge in [0.25, 0.3) is 0 Å². The fraction of sp³-hybridized carbons (Fsp3) is 0.571. The van der Waals surface area contributed by atoms with Gasteiger partial charge in [-0.3, -0.25) is 4.68 Å². The Balaban J connectivity index is 2.08. The largest absolute Gasteiger partial charge is 0.337 e. The van der Waals surface area contributed by atoms with Crippen molar-refractivity contribution in [2.75, 3.05) is 19.6 Å². The minimum Gasteiger partial charge on any atom is -0.337 e. The van der Waals surface area contributed by atoms with Gasteiger partial charge in [0.2, 0.25) is 10.0 Å². The van der Waals surface area contributed by atoms with Crippen molar-refractivity contribution in [3.8, 4) is 0 Å². The molecule has 3 heterocycles. The molecule has 0 amide bonds. The standard InChI is InChI=1S/C14H22N6O2S/c1-10-13(11(2)19(4)17-10)23(21,22)20-8-5-15-9-12(20)14-16-6-7-18(14)3/h6-7,12,15H,5,8-9H2,1-4H3. The zero-order chi connectivity index (χ0) is 16.8. The van der Waals surface area contributed by atoms with Gasteiger partial charge in [-0.25, -0.2) is 13.4 Å². The van der Waals surface area contributed by atoms with Crippen molar-refractivity contribution in [2.24, 2.45) is 14.1 Å². The predicted molar refractivity (Wildman–Crippen MR) is 85.4 cm³/mol. The van der Waals surface area contributed by atoms with Gasteiger partial charge in [-0.2, -0.15) is 9.40 Å². The fourth-order valence-corrected chi connectivity index (χ4v) is 5.13. The van der Waals surface area contributed by atoms with Crippen molar-refractivity contribution in [3.63, 3.8) is 0 Å². The molecule has 0 aromatic carbocycles. The number of hydrogen-bond donors (Lipinski definition) is 1. The van der Waals surface area contributed by atoms with Crippen molar-refractivity contribution in [3.05, 3.63) is 29.6 Å². The Morgan fingerprint density at radius 1 is 1.30 bits per heavy atom. The molecule has 0 saturated carbocycles. The molecule has 8 nitrogen and oxygen atoms in total. The van der Waals surface area contributed by atoms with Crippen LogP contribution in [0.5, 0.6) is 0 Å². The van der Waals surface area contributed by atoms with E-state index < -0.39 is 10.0 Å². The van der Waals surface area contributed by atoms with Crippen LogP contribution in [-0.4, -0.2) is 51.7 Å². The number of piperazine rings is 1. The van der Waals surface area contributed by atoms with Crippen LogP contribution in [0.2, 0.25) is 0 Å². The highest BCUT2D eigenvalue weighted by Crippen LogP contribution is 2.30. The van der Waals surface area contributed by atoms with Crippen LogP contribution >= 0.6 is 0 Å². The van der Waals surface area contributed by atoms with E-state index in [2.05, 4.69) is 15.4 Å². The van der Waals surface area contributed by atoms with E-state index in [1.165, 1.54) is 0 Å². The molecular weight excluding hydrogens is 316 g/mol. The Morgan fingerprint density at radius 3 is 2.61 bits per heavy atom. The number of rotatable bonds is 3. The zero-order valence-corrected chi connectivity index (χ0v) is 14.6. The lowest BCUT2D eigenvalue weighted by Gasteiger charge is -2.34. The second kappa shape index (κ2) is 5.73. The van der Waals surface area contributed by atoms with E-state index in [4.69, 9.17) is 0 Å². The fourth-order valence-electron chi connectivity index (χ4n) is 3.14. The average molecular weight is 338 g/mol. The Morgan fingerprint density at radius 2 is 2.04 bits per heavy atom. The number of hydrogen-bond acceptors (Lipinski definition) is 5. The van der Waals surface area contributed by atoms with Gasteiger partial charge in [0, 0.05) is 46.1 Å². The molecule has 1 atom stereocenters. The molecule has 2 aromatic rings. The molecule has 1 unspecified atom stereocenters. The normalized spacial score (nSPS) is 20.1. The summed E-state index contributed by atoms with van der Waals surface area (Å²) in [7, 11) is -0.00128. The summed E-state index contributed by atoms with van der Waals surface area (Å²) in [5.74, 6) is 0.736. The molecule has 0 spiro atoms. The van der Waals surface area contributed by atoms with E-state index in [0.717, 1.165) is 5.82 Å². The van der Waals surface area contributed by atoms with Gasteiger partial charge in [0.15, 0.2) is 0 Å². The first kappa shape index (κ1) is 16.2. The van der Waals surface area contributed by atoms with E-state index in [1.807, 2.05) is 17.8 Å². The second-order valence-corrected chi connectivity index (χ2v) is 7.68. The highest BCUT2D eigenvalue weighted by molar-refractivity contribution is 7.89. The van der Waals surface area contributed by atoms with Crippen LogP contribution in [0.4, 0.5) is 0 Å². The molecule has 2 aromatic heterocycles. The summed E-state index contributed by atoms with van der Waals surface area (Å²) in [6.07, 6.45) is 3.52. The van der Waals surface area contributed by atoms with E-state index in [0.29, 0.717) is 35.9 Å². The number of nitrogens with one attached hydrogen (secondary N) is 1. The smallest absolute Gasteiger partial charge is 0.247 e. The van der Waals surface area contributed by atoms with Crippen LogP contribution in [0.3, 0.4) is 0 Å². The van der Waals surface area contributed by atoms with Crippen molar-refractivity contribution in [1.82, 2.24) is 29.0 Å². The van der Waals surface area contributed by atoms with Gasteiger partial charge in [-0.05, 0) is 13.8 Å². The number of aromatic nitrogens is 4. The Labute approximate surface area is 136 Å². The highest BCUT2D eigenvalue weighted by atomic mass is 32.2. The van der Waals surface area contributed by atoms with Gasteiger partial charge in [0.05, 0.1) is 17.4 Å². The molecule has 9 heteroatoms. The molecule has 1 aliphatic rings. The molecule has 1 N–H and O–H groups in total. The van der Waals surface area contributed by atoms with Gasteiger partial charge in [0.1, 0.15) is 10.7 Å². The third-order valence-electron chi connectivity index (χ3n) is 4.36. The highest BCUT2D eigenvalue weighted by Gasteiger charge is 2.38. The first-order valence-corrected chi connectivity index (χ1v) is 8.98. The van der Waals surface area contributed by atoms with Gasteiger partial charge >= 0.3 is 0 Å². The monoisotopic (exact) mass is 338 g/mol. The molecule has 0 radical (unpaired) electrons. The molecular formula is C14H22N6O2S. The topological polar surface area (TPSA) is 85.1 Å². The lowest BCUT2D eigenvalue weighted by Crippen LogP contribution is -2.49. The first-order valence-electron chi connectivity index (χ1n) is 7.54. The quantitative estimate of drug-likeness (QED) is 0.858. The van der Waals surface area contributed by atoms with Crippen molar-refractivity contribution < 1.29 is 8.42 Å². The second-order valence-electron chi connectivity index (χ2n) is 5.86. The summed E-state index contributed by atoms with van der Waals surface area (Å²) in [6, 6.07) is -0.326. The lowest BCUT2D eigenvalue weighted by molar-refractivity contribution is 0.258. The maximum absolute atomic E-state index is 13.3. The Kier molecular flexibility index (Phi) is 4.03. The number of sulfonamides is 1. The summed E-state index contributed by atoms with van der Waals surface area (Å²) in [5.41, 5.74) is 1.18. The maximum atomic E-state index is 13.3. The molecule has 126 valence electrons. The van der Waals surface area contributed by atoms with E-state index in [-0.39, 0.29) is 6.04 Å². The first-order chi connectivity index (χ1) is 10.8. The summed E-state index contributed by atoms with van der Waals surface area (Å²) in [4.78, 5) is 4.65. The zero-order valence-electron chi connectivity index (χ0n) is 13.8. The van der Waals surface area contributed by atoms with Crippen molar-refractivity contribution in [2.45, 2.75) is 24.8 Å².